The molecule has 2 fully saturated rings. The van der Waals surface area contributed by atoms with Gasteiger partial charge in [-0.15, -0.1) is 0 Å². The molecular weight excluding hydrogens is 488 g/mol. The first-order valence-electron chi connectivity index (χ1n) is 13.0. The largest absolute Gasteiger partial charge is 0.496 e. The topological polar surface area (TPSA) is 65.4 Å². The number of rotatable bonds is 8. The van der Waals surface area contributed by atoms with Crippen molar-refractivity contribution in [2.75, 3.05) is 13.7 Å². The van der Waals surface area contributed by atoms with E-state index >= 15 is 0 Å². The quantitative estimate of drug-likeness (QED) is 0.416. The molecule has 2 aromatic rings. The number of nitrogens with one attached hydrogen (secondary N) is 1. The van der Waals surface area contributed by atoms with Crippen molar-refractivity contribution in [3.63, 3.8) is 0 Å². The molecule has 0 unspecified atom stereocenters. The van der Waals surface area contributed by atoms with Gasteiger partial charge in [-0.2, -0.15) is 5.10 Å². The van der Waals surface area contributed by atoms with Crippen LogP contribution in [0.25, 0.3) is 11.3 Å². The molecule has 0 spiro atoms. The average molecular weight is 524 g/mol. The zero-order chi connectivity index (χ0) is 25.9. The number of halogens is 3. The molecule has 6 nitrogen and oxygen atoms in total. The third-order valence-electron chi connectivity index (χ3n) is 7.49. The molecule has 2 aliphatic rings. The van der Waals surface area contributed by atoms with E-state index in [2.05, 4.69) is 17.3 Å². The number of alkyl halides is 2. The Morgan fingerprint density at radius 1 is 1.19 bits per heavy atom. The summed E-state index contributed by atoms with van der Waals surface area (Å²) in [5, 5.41) is 7.80. The van der Waals surface area contributed by atoms with Crippen molar-refractivity contribution < 1.29 is 23.0 Å². The molecule has 0 aliphatic heterocycles. The lowest BCUT2D eigenvalue weighted by molar-refractivity contribution is -0.0582. The van der Waals surface area contributed by atoms with Gasteiger partial charge in [0.2, 0.25) is 5.92 Å². The lowest BCUT2D eigenvalue weighted by Gasteiger charge is -2.28. The Kier molecular flexibility index (Phi) is 8.43. The van der Waals surface area contributed by atoms with Gasteiger partial charge in [0.05, 0.1) is 23.9 Å². The predicted octanol–water partition coefficient (Wildman–Crippen LogP) is 6.74. The van der Waals surface area contributed by atoms with Crippen LogP contribution in [0.4, 0.5) is 8.78 Å². The second-order valence-corrected chi connectivity index (χ2v) is 10.6. The smallest absolute Gasteiger partial charge is 0.273 e. The summed E-state index contributed by atoms with van der Waals surface area (Å²) < 4.78 is 40.2. The molecule has 2 saturated carbocycles. The number of methoxy groups -OCH3 is 1. The maximum Gasteiger partial charge on any atom is 0.273 e. The maximum atomic E-state index is 13.5. The molecular formula is C27H36ClF2N3O3. The third-order valence-corrected chi connectivity index (χ3v) is 7.85. The summed E-state index contributed by atoms with van der Waals surface area (Å²) in [6.07, 6.45) is 4.68. The molecule has 198 valence electrons. The van der Waals surface area contributed by atoms with Crippen molar-refractivity contribution in [2.24, 2.45) is 11.8 Å². The van der Waals surface area contributed by atoms with Gasteiger partial charge in [0.25, 0.3) is 5.91 Å². The Balaban J connectivity index is 1.50. The number of ether oxygens (including phenoxy) is 2. The summed E-state index contributed by atoms with van der Waals surface area (Å²) in [7, 11) is 1.54. The molecule has 36 heavy (non-hydrogen) atoms. The van der Waals surface area contributed by atoms with Crippen molar-refractivity contribution >= 4 is 17.5 Å². The van der Waals surface area contributed by atoms with E-state index in [1.807, 2.05) is 13.0 Å². The van der Waals surface area contributed by atoms with E-state index in [9.17, 15) is 13.6 Å². The van der Waals surface area contributed by atoms with Gasteiger partial charge in [-0.25, -0.2) is 8.78 Å². The number of carbonyl (C=O) groups is 1. The molecule has 0 bridgehead atoms. The van der Waals surface area contributed by atoms with Crippen LogP contribution in [0.2, 0.25) is 5.02 Å². The molecule has 0 radical (unpaired) electrons. The first-order valence-corrected chi connectivity index (χ1v) is 13.4. The van der Waals surface area contributed by atoms with Crippen molar-refractivity contribution in [1.82, 2.24) is 15.1 Å². The lowest BCUT2D eigenvalue weighted by Crippen LogP contribution is -2.31. The number of hydrogen-bond donors (Lipinski definition) is 1. The number of aromatic nitrogens is 2. The molecule has 4 rings (SSSR count). The number of amides is 1. The molecule has 2 aliphatic carbocycles. The summed E-state index contributed by atoms with van der Waals surface area (Å²) in [6.45, 7) is 5.34. The van der Waals surface area contributed by atoms with Crippen LogP contribution in [0.1, 0.15) is 75.7 Å². The van der Waals surface area contributed by atoms with Crippen LogP contribution >= 0.6 is 11.6 Å². The van der Waals surface area contributed by atoms with E-state index in [-0.39, 0.29) is 35.6 Å². The monoisotopic (exact) mass is 523 g/mol. The minimum atomic E-state index is -2.60. The summed E-state index contributed by atoms with van der Waals surface area (Å²) >= 11 is 6.73. The zero-order valence-corrected chi connectivity index (χ0v) is 22.0. The molecule has 0 atom stereocenters. The minimum absolute atomic E-state index is 0.164. The van der Waals surface area contributed by atoms with E-state index in [1.165, 1.54) is 12.8 Å². The van der Waals surface area contributed by atoms with Crippen LogP contribution in [0.5, 0.6) is 11.5 Å². The fraction of sp³-hybridized carbons (Fsp3) is 0.630. The van der Waals surface area contributed by atoms with E-state index in [0.29, 0.717) is 54.6 Å². The van der Waals surface area contributed by atoms with Gasteiger partial charge in [-0.3, -0.25) is 9.48 Å². The number of carbonyl (C=O) groups excluding carboxylic acids is 1. The van der Waals surface area contributed by atoms with Gasteiger partial charge in [0, 0.05) is 37.6 Å². The second kappa shape index (κ2) is 11.4. The molecule has 1 N–H and O–H groups in total. The normalized spacial score (nSPS) is 22.3. The van der Waals surface area contributed by atoms with E-state index in [4.69, 9.17) is 21.1 Å². The molecule has 1 aromatic heterocycles. The highest BCUT2D eigenvalue weighted by atomic mass is 35.5. The van der Waals surface area contributed by atoms with Crippen LogP contribution in [0, 0.1) is 11.8 Å². The summed E-state index contributed by atoms with van der Waals surface area (Å²) in [4.78, 5) is 13.0. The first kappa shape index (κ1) is 26.7. The highest BCUT2D eigenvalue weighted by Gasteiger charge is 2.36. The lowest BCUT2D eigenvalue weighted by atomic mass is 9.83. The van der Waals surface area contributed by atoms with Crippen molar-refractivity contribution in [3.8, 4) is 22.8 Å². The number of benzene rings is 1. The zero-order valence-electron chi connectivity index (χ0n) is 21.3. The molecule has 0 saturated heterocycles. The average Bonchev–Trinajstić information content (AvgIpc) is 3.20. The molecule has 9 heteroatoms. The van der Waals surface area contributed by atoms with E-state index in [1.54, 1.807) is 23.9 Å². The standard InChI is InChI=1S/C27H36ClF2N3O3/c1-4-33-25(23(28)24(32-33)26(34)31-16-18-7-5-17(2)6-8-18)21-10-9-20(15-22(21)35-3)36-19-11-13-27(29,30)14-12-19/h9-10,15,17-19H,4-8,11-14,16H2,1-3H3,(H,31,34). The molecule has 1 heterocycles. The SMILES string of the molecule is CCn1nc(C(=O)NCC2CCC(C)CC2)c(Cl)c1-c1ccc(OC2CCC(F)(F)CC2)cc1OC. The van der Waals surface area contributed by atoms with Crippen LogP contribution in [-0.4, -0.2) is 41.4 Å². The van der Waals surface area contributed by atoms with Crippen LogP contribution in [0.15, 0.2) is 18.2 Å². The Morgan fingerprint density at radius 3 is 2.53 bits per heavy atom. The minimum Gasteiger partial charge on any atom is -0.496 e. The fourth-order valence-electron chi connectivity index (χ4n) is 5.19. The summed E-state index contributed by atoms with van der Waals surface area (Å²) in [5.74, 6) is -0.582. The Morgan fingerprint density at radius 2 is 1.89 bits per heavy atom. The summed E-state index contributed by atoms with van der Waals surface area (Å²) in [5.41, 5.74) is 1.47. The van der Waals surface area contributed by atoms with Crippen molar-refractivity contribution in [3.05, 3.63) is 28.9 Å². The van der Waals surface area contributed by atoms with Crippen LogP contribution in [-0.2, 0) is 6.54 Å². The fourth-order valence-corrected chi connectivity index (χ4v) is 5.51. The maximum absolute atomic E-state index is 13.5. The van der Waals surface area contributed by atoms with Crippen molar-refractivity contribution in [2.45, 2.75) is 83.8 Å². The predicted molar refractivity (Wildman–Crippen MR) is 136 cm³/mol. The van der Waals surface area contributed by atoms with Gasteiger partial charge < -0.3 is 14.8 Å². The number of hydrogen-bond acceptors (Lipinski definition) is 4. The number of aryl methyl sites for hydroxylation is 1. The second-order valence-electron chi connectivity index (χ2n) is 10.2. The van der Waals surface area contributed by atoms with Gasteiger partial charge in [-0.1, -0.05) is 31.4 Å². The highest BCUT2D eigenvalue weighted by Crippen LogP contribution is 2.40. The van der Waals surface area contributed by atoms with Gasteiger partial charge >= 0.3 is 0 Å². The van der Waals surface area contributed by atoms with Gasteiger partial charge in [0.15, 0.2) is 5.69 Å². The molecule has 1 aromatic carbocycles. The highest BCUT2D eigenvalue weighted by molar-refractivity contribution is 6.36. The Bertz CT molecular complexity index is 1060. The van der Waals surface area contributed by atoms with Gasteiger partial charge in [-0.05, 0) is 56.6 Å². The van der Waals surface area contributed by atoms with Crippen molar-refractivity contribution in [1.29, 1.82) is 0 Å². The third kappa shape index (κ3) is 6.13. The molecule has 1 amide bonds. The van der Waals surface area contributed by atoms with Crippen LogP contribution in [0.3, 0.4) is 0 Å². The Hall–Kier alpha value is -2.35. The Labute approximate surface area is 216 Å². The van der Waals surface area contributed by atoms with E-state index < -0.39 is 5.92 Å². The van der Waals surface area contributed by atoms with Gasteiger partial charge in [0.1, 0.15) is 11.5 Å². The number of nitrogens with zero attached hydrogens (tertiary/aromatic N) is 2. The first-order chi connectivity index (χ1) is 17.2. The summed E-state index contributed by atoms with van der Waals surface area (Å²) in [6, 6.07) is 5.32. The van der Waals surface area contributed by atoms with Crippen LogP contribution < -0.4 is 14.8 Å². The van der Waals surface area contributed by atoms with E-state index in [0.717, 1.165) is 18.8 Å².